The fraction of sp³-hybridized carbons (Fsp3) is 0.921. The first-order valence-electron chi connectivity index (χ1n) is 18.6. The molecular formula is C38H62N2O7. The number of fused-ring (bicyclic) bond motifs is 2. The Morgan fingerprint density at radius 1 is 1.09 bits per heavy atom. The maximum Gasteiger partial charge on any atom is 0.180 e. The van der Waals surface area contributed by atoms with E-state index in [0.29, 0.717) is 41.6 Å². The van der Waals surface area contributed by atoms with Crippen LogP contribution in [0.5, 0.6) is 0 Å². The molecule has 7 rings (SSSR count). The molecule has 5 aliphatic carbocycles. The highest BCUT2D eigenvalue weighted by Crippen LogP contribution is 2.89. The molecule has 0 aromatic carbocycles. The Balaban J connectivity index is 1.04. The molecule has 12 atom stereocenters. The van der Waals surface area contributed by atoms with Crippen molar-refractivity contribution in [1.29, 1.82) is 0 Å². The van der Waals surface area contributed by atoms with Gasteiger partial charge >= 0.3 is 0 Å². The lowest BCUT2D eigenvalue weighted by atomic mass is 9.41. The molecular weight excluding hydrogens is 596 g/mol. The fourth-order valence-electron chi connectivity index (χ4n) is 13.0. The van der Waals surface area contributed by atoms with Crippen LogP contribution >= 0.6 is 0 Å². The number of methoxy groups -OCH3 is 1. The first kappa shape index (κ1) is 34.4. The van der Waals surface area contributed by atoms with Crippen molar-refractivity contribution in [3.8, 4) is 0 Å². The minimum atomic E-state index is -1.22. The Morgan fingerprint density at radius 3 is 2.53 bits per heavy atom. The van der Waals surface area contributed by atoms with Crippen molar-refractivity contribution in [3.05, 3.63) is 18.4 Å². The number of hydrogen-bond donors (Lipinski definition) is 3. The third-order valence-electron chi connectivity index (χ3n) is 15.8. The summed E-state index contributed by atoms with van der Waals surface area (Å²) in [5, 5.41) is 33.2. The number of morpholine rings is 1. The number of ether oxygens (including phenoxy) is 3. The first-order chi connectivity index (χ1) is 22.1. The molecule has 6 fully saturated rings. The van der Waals surface area contributed by atoms with E-state index >= 15 is 0 Å². The third-order valence-corrected chi connectivity index (χ3v) is 15.8. The van der Waals surface area contributed by atoms with Crippen molar-refractivity contribution in [1.82, 2.24) is 9.88 Å². The monoisotopic (exact) mass is 658 g/mol. The highest BCUT2D eigenvalue weighted by Gasteiger charge is 2.83. The van der Waals surface area contributed by atoms with E-state index in [-0.39, 0.29) is 34.7 Å². The molecule has 5 saturated carbocycles. The van der Waals surface area contributed by atoms with Crippen LogP contribution in [0.2, 0.25) is 0 Å². The minimum absolute atomic E-state index is 0.0446. The summed E-state index contributed by atoms with van der Waals surface area (Å²) >= 11 is 0. The Kier molecular flexibility index (Phi) is 8.59. The first-order valence-corrected chi connectivity index (χ1v) is 18.6. The van der Waals surface area contributed by atoms with Crippen LogP contribution in [0.15, 0.2) is 17.1 Å². The van der Waals surface area contributed by atoms with E-state index in [2.05, 4.69) is 37.6 Å². The van der Waals surface area contributed by atoms with Gasteiger partial charge in [-0.2, -0.15) is 0 Å². The van der Waals surface area contributed by atoms with Crippen LogP contribution in [-0.2, 0) is 20.8 Å². The zero-order chi connectivity index (χ0) is 33.6. The fourth-order valence-corrected chi connectivity index (χ4v) is 13.0. The van der Waals surface area contributed by atoms with Gasteiger partial charge in [0.25, 0.3) is 0 Å². The third kappa shape index (κ3) is 5.14. The van der Waals surface area contributed by atoms with Gasteiger partial charge in [-0.15, -0.1) is 0 Å². The number of nitrogens with zero attached hydrogens (tertiary/aromatic N) is 2. The number of aliphatic hydroxyl groups excluding tert-OH is 2. The summed E-state index contributed by atoms with van der Waals surface area (Å²) in [7, 11) is 1.63. The zero-order valence-electron chi connectivity index (χ0n) is 30.0. The van der Waals surface area contributed by atoms with Crippen LogP contribution in [-0.4, -0.2) is 88.3 Å². The maximum absolute atomic E-state index is 12.0. The van der Waals surface area contributed by atoms with Gasteiger partial charge in [0.05, 0.1) is 42.8 Å². The average molecular weight is 659 g/mol. The number of oxazole rings is 1. The highest BCUT2D eigenvalue weighted by molar-refractivity contribution is 5.31. The molecule has 6 aliphatic rings. The van der Waals surface area contributed by atoms with E-state index in [4.69, 9.17) is 18.6 Å². The van der Waals surface area contributed by atoms with Gasteiger partial charge in [-0.1, -0.05) is 27.7 Å². The predicted molar refractivity (Wildman–Crippen MR) is 177 cm³/mol. The van der Waals surface area contributed by atoms with Gasteiger partial charge in [0.2, 0.25) is 0 Å². The highest BCUT2D eigenvalue weighted by atomic mass is 16.7. The van der Waals surface area contributed by atoms with Crippen molar-refractivity contribution in [2.45, 2.75) is 149 Å². The van der Waals surface area contributed by atoms with Crippen molar-refractivity contribution in [3.63, 3.8) is 0 Å². The summed E-state index contributed by atoms with van der Waals surface area (Å²) in [6, 6.07) is 0. The van der Waals surface area contributed by atoms with Crippen molar-refractivity contribution < 1.29 is 33.9 Å². The minimum Gasteiger partial charge on any atom is -0.451 e. The number of rotatable bonds is 10. The van der Waals surface area contributed by atoms with E-state index < -0.39 is 17.8 Å². The molecule has 9 heteroatoms. The second-order valence-corrected chi connectivity index (χ2v) is 18.3. The van der Waals surface area contributed by atoms with Crippen LogP contribution in [0, 0.1) is 44.8 Å². The van der Waals surface area contributed by atoms with Crippen molar-refractivity contribution >= 4 is 0 Å². The van der Waals surface area contributed by atoms with Crippen LogP contribution < -0.4 is 0 Å². The second kappa shape index (κ2) is 11.7. The average Bonchev–Trinajstić information content (AvgIpc) is 3.28. The summed E-state index contributed by atoms with van der Waals surface area (Å²) in [4.78, 5) is 6.66. The Labute approximate surface area is 282 Å². The van der Waals surface area contributed by atoms with Crippen LogP contribution in [0.25, 0.3) is 0 Å². The molecule has 0 bridgehead atoms. The molecule has 1 saturated heterocycles. The van der Waals surface area contributed by atoms with Gasteiger partial charge in [-0.05, 0) is 117 Å². The quantitative estimate of drug-likeness (QED) is 0.297. The van der Waals surface area contributed by atoms with Crippen molar-refractivity contribution in [2.24, 2.45) is 44.8 Å². The van der Waals surface area contributed by atoms with Gasteiger partial charge in [0.1, 0.15) is 12.4 Å². The molecule has 3 N–H and O–H groups in total. The Morgan fingerprint density at radius 2 is 1.83 bits per heavy atom. The summed E-state index contributed by atoms with van der Waals surface area (Å²) in [5.74, 6) is 1.52. The SMILES string of the molecule is COC(CC[C@H]1C[C@H](O)[C@@]2(C)C3CCC4C(C)(C)[C@@H](O[C@H]5CN(Cc6cocn6)CCO5)CC[C@@]45CC35CC[C@]12C)[C@H](O)C(C)(C)O. The number of aromatic nitrogens is 1. The largest absolute Gasteiger partial charge is 0.451 e. The lowest BCUT2D eigenvalue weighted by Crippen LogP contribution is -2.60. The van der Waals surface area contributed by atoms with E-state index in [1.165, 1.54) is 38.5 Å². The van der Waals surface area contributed by atoms with Gasteiger partial charge in [-0.3, -0.25) is 4.90 Å². The second-order valence-electron chi connectivity index (χ2n) is 18.3. The molecule has 266 valence electrons. The predicted octanol–water partition coefficient (Wildman–Crippen LogP) is 5.56. The van der Waals surface area contributed by atoms with E-state index in [1.807, 2.05) is 0 Å². The smallest absolute Gasteiger partial charge is 0.180 e. The molecule has 1 aromatic rings. The lowest BCUT2D eigenvalue weighted by molar-refractivity contribution is -0.249. The summed E-state index contributed by atoms with van der Waals surface area (Å²) in [6.45, 7) is 16.2. The molecule has 47 heavy (non-hydrogen) atoms. The lowest BCUT2D eigenvalue weighted by Gasteiger charge is -2.63. The molecule has 2 heterocycles. The standard InChI is InChI=1S/C38H62N2O7/c1-33(2)27-10-11-28-36(6)29(41)18-24(8-9-26(44-7)32(42)34(3,4)43)35(36,5)14-15-38(28)22-37(27,38)13-12-30(33)47-31-20-40(16-17-46-31)19-25-21-45-23-39-25/h21,23-24,26-32,41-43H,8-20,22H2,1-7H3/t24-,26?,27?,28?,29-,30-,31-,32-,35+,36+,37+,38?/m0/s1. The van der Waals surface area contributed by atoms with Crippen LogP contribution in [0.1, 0.15) is 111 Å². The summed E-state index contributed by atoms with van der Waals surface area (Å²) in [6.07, 6.45) is 12.3. The van der Waals surface area contributed by atoms with E-state index in [0.717, 1.165) is 51.0 Å². The Hall–Kier alpha value is -1.07. The molecule has 1 aliphatic heterocycles. The molecule has 2 spiro atoms. The van der Waals surface area contributed by atoms with E-state index in [9.17, 15) is 15.3 Å². The summed E-state index contributed by atoms with van der Waals surface area (Å²) < 4.78 is 23.9. The van der Waals surface area contributed by atoms with Gasteiger partial charge in [-0.25, -0.2) is 4.98 Å². The van der Waals surface area contributed by atoms with Crippen LogP contribution in [0.4, 0.5) is 0 Å². The molecule has 1 aromatic heterocycles. The maximum atomic E-state index is 12.0. The molecule has 0 amide bonds. The normalized spacial score (nSPS) is 45.7. The topological polar surface area (TPSA) is 118 Å². The molecule has 9 nitrogen and oxygen atoms in total. The van der Waals surface area contributed by atoms with Crippen LogP contribution in [0.3, 0.4) is 0 Å². The van der Waals surface area contributed by atoms with E-state index in [1.54, 1.807) is 27.2 Å². The summed E-state index contributed by atoms with van der Waals surface area (Å²) in [5.41, 5.74) is 0.381. The number of hydrogen-bond acceptors (Lipinski definition) is 9. The molecule has 4 unspecified atom stereocenters. The molecule has 0 radical (unpaired) electrons. The van der Waals surface area contributed by atoms with Crippen molar-refractivity contribution in [2.75, 3.05) is 26.8 Å². The van der Waals surface area contributed by atoms with Gasteiger partial charge in [0.15, 0.2) is 12.7 Å². The zero-order valence-corrected chi connectivity index (χ0v) is 30.0. The van der Waals surface area contributed by atoms with Gasteiger partial charge < -0.3 is 33.9 Å². The Bertz CT molecular complexity index is 1270. The number of aliphatic hydroxyl groups is 3. The van der Waals surface area contributed by atoms with Gasteiger partial charge in [0, 0.05) is 25.6 Å².